The minimum Gasteiger partial charge on any atom is -0.465 e. The molecule has 1 aromatic carbocycles. The van der Waals surface area contributed by atoms with Gasteiger partial charge in [-0.25, -0.2) is 4.79 Å². The summed E-state index contributed by atoms with van der Waals surface area (Å²) in [6.07, 6.45) is 0.0659. The van der Waals surface area contributed by atoms with Gasteiger partial charge in [0.2, 0.25) is 5.91 Å². The minimum atomic E-state index is -1.02. The summed E-state index contributed by atoms with van der Waals surface area (Å²) in [6, 6.07) is 7.45. The summed E-state index contributed by atoms with van der Waals surface area (Å²) in [5, 5.41) is 13.7. The second-order valence-corrected chi connectivity index (χ2v) is 5.43. The van der Waals surface area contributed by atoms with E-state index in [-0.39, 0.29) is 5.91 Å². The third-order valence-corrected chi connectivity index (χ3v) is 3.69. The lowest BCUT2D eigenvalue weighted by Crippen LogP contribution is -2.38. The van der Waals surface area contributed by atoms with Crippen LogP contribution in [0.25, 0.3) is 0 Å². The van der Waals surface area contributed by atoms with Gasteiger partial charge < -0.3 is 20.5 Å². The Hall–Kier alpha value is -2.12. The summed E-state index contributed by atoms with van der Waals surface area (Å²) in [4.78, 5) is 24.5. The van der Waals surface area contributed by atoms with E-state index in [0.29, 0.717) is 19.4 Å². The van der Waals surface area contributed by atoms with Crippen LogP contribution in [0, 0.1) is 0 Å². The van der Waals surface area contributed by atoms with E-state index >= 15 is 0 Å². The Morgan fingerprint density at radius 3 is 2.52 bits per heavy atom. The first kappa shape index (κ1) is 17.2. The number of ether oxygens (including phenoxy) is 1. The number of benzene rings is 1. The highest BCUT2D eigenvalue weighted by Crippen LogP contribution is 2.10. The Balaban J connectivity index is 1.69. The van der Waals surface area contributed by atoms with Crippen LogP contribution < -0.4 is 10.6 Å². The molecule has 0 radical (unpaired) electrons. The Morgan fingerprint density at radius 2 is 1.87 bits per heavy atom. The second kappa shape index (κ2) is 9.12. The van der Waals surface area contributed by atoms with Crippen molar-refractivity contribution in [1.82, 2.24) is 10.2 Å². The Morgan fingerprint density at radius 1 is 1.17 bits per heavy atom. The summed E-state index contributed by atoms with van der Waals surface area (Å²) in [5.41, 5.74) is 1.77. The first-order valence-electron chi connectivity index (χ1n) is 7.79. The lowest BCUT2D eigenvalue weighted by molar-refractivity contribution is -0.116. The third-order valence-electron chi connectivity index (χ3n) is 3.69. The maximum absolute atomic E-state index is 11.9. The molecule has 23 heavy (non-hydrogen) atoms. The molecule has 0 saturated carbocycles. The van der Waals surface area contributed by atoms with Crippen molar-refractivity contribution in [2.75, 3.05) is 44.7 Å². The quantitative estimate of drug-likeness (QED) is 0.701. The number of hydrogen-bond donors (Lipinski definition) is 3. The zero-order valence-corrected chi connectivity index (χ0v) is 13.1. The predicted octanol–water partition coefficient (Wildman–Crippen LogP) is 1.16. The van der Waals surface area contributed by atoms with Crippen LogP contribution in [0.5, 0.6) is 0 Å². The largest absolute Gasteiger partial charge is 0.465 e. The summed E-state index contributed by atoms with van der Waals surface area (Å²) >= 11 is 0. The van der Waals surface area contributed by atoms with Crippen molar-refractivity contribution in [2.24, 2.45) is 0 Å². The van der Waals surface area contributed by atoms with E-state index in [9.17, 15) is 9.59 Å². The van der Waals surface area contributed by atoms with E-state index in [1.807, 2.05) is 24.3 Å². The number of nitrogens with one attached hydrogen (secondary N) is 2. The van der Waals surface area contributed by atoms with Gasteiger partial charge >= 0.3 is 6.09 Å². The summed E-state index contributed by atoms with van der Waals surface area (Å²) in [6.45, 7) is 4.35. The number of rotatable bonds is 7. The van der Waals surface area contributed by atoms with Gasteiger partial charge in [0, 0.05) is 38.3 Å². The first-order valence-corrected chi connectivity index (χ1v) is 7.79. The van der Waals surface area contributed by atoms with Gasteiger partial charge in [-0.2, -0.15) is 0 Å². The summed E-state index contributed by atoms with van der Waals surface area (Å²) < 4.78 is 5.28. The molecule has 0 unspecified atom stereocenters. The van der Waals surface area contributed by atoms with Gasteiger partial charge in [-0.1, -0.05) is 12.1 Å². The fourth-order valence-corrected chi connectivity index (χ4v) is 2.38. The fourth-order valence-electron chi connectivity index (χ4n) is 2.38. The number of anilines is 1. The number of morpholine rings is 1. The van der Waals surface area contributed by atoms with E-state index in [1.165, 1.54) is 0 Å². The standard InChI is InChI=1S/C16H23N3O4/c20-15(6-8-19-9-11-23-12-10-19)18-14-3-1-13(2-4-14)5-7-17-16(21)22/h1-4,17H,5-12H2,(H,18,20)(H,21,22). The maximum Gasteiger partial charge on any atom is 0.404 e. The van der Waals surface area contributed by atoms with Gasteiger partial charge in [0.25, 0.3) is 0 Å². The van der Waals surface area contributed by atoms with Gasteiger partial charge in [0.15, 0.2) is 0 Å². The molecule has 7 nitrogen and oxygen atoms in total. The van der Waals surface area contributed by atoms with Crippen molar-refractivity contribution in [1.29, 1.82) is 0 Å². The zero-order chi connectivity index (χ0) is 16.5. The molecule has 1 aliphatic heterocycles. The molecule has 1 saturated heterocycles. The van der Waals surface area contributed by atoms with Crippen molar-refractivity contribution in [2.45, 2.75) is 12.8 Å². The average molecular weight is 321 g/mol. The van der Waals surface area contributed by atoms with Crippen molar-refractivity contribution >= 4 is 17.7 Å². The van der Waals surface area contributed by atoms with Crippen LogP contribution in [0.2, 0.25) is 0 Å². The highest BCUT2D eigenvalue weighted by atomic mass is 16.5. The van der Waals surface area contributed by atoms with Crippen molar-refractivity contribution in [3.8, 4) is 0 Å². The SMILES string of the molecule is O=C(O)NCCc1ccc(NC(=O)CCN2CCOCC2)cc1. The molecule has 0 aliphatic carbocycles. The average Bonchev–Trinajstić information content (AvgIpc) is 2.55. The highest BCUT2D eigenvalue weighted by Gasteiger charge is 2.12. The molecular formula is C16H23N3O4. The predicted molar refractivity (Wildman–Crippen MR) is 86.7 cm³/mol. The van der Waals surface area contributed by atoms with E-state index < -0.39 is 6.09 Å². The van der Waals surface area contributed by atoms with Crippen LogP contribution in [0.15, 0.2) is 24.3 Å². The zero-order valence-electron chi connectivity index (χ0n) is 13.1. The van der Waals surface area contributed by atoms with Gasteiger partial charge in [-0.05, 0) is 24.1 Å². The van der Waals surface area contributed by atoms with Crippen molar-refractivity contribution in [3.63, 3.8) is 0 Å². The van der Waals surface area contributed by atoms with Crippen LogP contribution in [0.4, 0.5) is 10.5 Å². The molecule has 0 bridgehead atoms. The van der Waals surface area contributed by atoms with E-state index in [0.717, 1.165) is 44.1 Å². The summed E-state index contributed by atoms with van der Waals surface area (Å²) in [7, 11) is 0. The second-order valence-electron chi connectivity index (χ2n) is 5.43. The van der Waals surface area contributed by atoms with Crippen LogP contribution in [-0.2, 0) is 16.0 Å². The van der Waals surface area contributed by atoms with E-state index in [2.05, 4.69) is 15.5 Å². The molecule has 0 spiro atoms. The molecule has 2 rings (SSSR count). The molecule has 126 valence electrons. The van der Waals surface area contributed by atoms with E-state index in [1.54, 1.807) is 0 Å². The number of carbonyl (C=O) groups excluding carboxylic acids is 1. The van der Waals surface area contributed by atoms with Crippen LogP contribution >= 0.6 is 0 Å². The first-order chi connectivity index (χ1) is 11.1. The fraction of sp³-hybridized carbons (Fsp3) is 0.500. The monoisotopic (exact) mass is 321 g/mol. The van der Waals surface area contributed by atoms with Crippen molar-refractivity contribution < 1.29 is 19.4 Å². The Bertz CT molecular complexity index is 513. The molecule has 1 fully saturated rings. The molecule has 1 heterocycles. The number of hydrogen-bond acceptors (Lipinski definition) is 4. The van der Waals surface area contributed by atoms with Crippen LogP contribution in [0.1, 0.15) is 12.0 Å². The maximum atomic E-state index is 11.9. The molecule has 0 aromatic heterocycles. The van der Waals surface area contributed by atoms with Crippen LogP contribution in [-0.4, -0.2) is 61.4 Å². The molecule has 1 aliphatic rings. The van der Waals surface area contributed by atoms with Crippen molar-refractivity contribution in [3.05, 3.63) is 29.8 Å². The molecule has 7 heteroatoms. The Kier molecular flexibility index (Phi) is 6.83. The van der Waals surface area contributed by atoms with Crippen LogP contribution in [0.3, 0.4) is 0 Å². The number of carbonyl (C=O) groups is 2. The normalized spacial score (nSPS) is 15.1. The van der Waals surface area contributed by atoms with Gasteiger partial charge in [0.05, 0.1) is 13.2 Å². The number of nitrogens with zero attached hydrogens (tertiary/aromatic N) is 1. The number of amides is 2. The highest BCUT2D eigenvalue weighted by molar-refractivity contribution is 5.90. The number of carboxylic acid groups (broad SMARTS) is 1. The summed E-state index contributed by atoms with van der Waals surface area (Å²) in [5.74, 6) is -0.00298. The van der Waals surface area contributed by atoms with Gasteiger partial charge in [0.1, 0.15) is 0 Å². The molecule has 3 N–H and O–H groups in total. The van der Waals surface area contributed by atoms with Gasteiger partial charge in [-0.3, -0.25) is 9.69 Å². The lowest BCUT2D eigenvalue weighted by atomic mass is 10.1. The molecular weight excluding hydrogens is 298 g/mol. The van der Waals surface area contributed by atoms with E-state index in [4.69, 9.17) is 9.84 Å². The molecule has 2 amide bonds. The Labute approximate surface area is 135 Å². The topological polar surface area (TPSA) is 90.9 Å². The smallest absolute Gasteiger partial charge is 0.404 e. The third kappa shape index (κ3) is 6.66. The minimum absolute atomic E-state index is 0.00298. The molecule has 1 aromatic rings. The van der Waals surface area contributed by atoms with Gasteiger partial charge in [-0.15, -0.1) is 0 Å². The molecule has 0 atom stereocenters. The lowest BCUT2D eigenvalue weighted by Gasteiger charge is -2.26.